The van der Waals surface area contributed by atoms with Gasteiger partial charge >= 0.3 is 0 Å². The maximum Gasteiger partial charge on any atom is 0.0676 e. The van der Waals surface area contributed by atoms with Gasteiger partial charge in [-0.1, -0.05) is 49.4 Å². The predicted molar refractivity (Wildman–Crippen MR) is 93.1 cm³/mol. The summed E-state index contributed by atoms with van der Waals surface area (Å²) in [6.07, 6.45) is 1.09. The Morgan fingerprint density at radius 2 is 1.52 bits per heavy atom. The van der Waals surface area contributed by atoms with E-state index in [-0.39, 0.29) is 6.04 Å². The first-order valence-corrected chi connectivity index (χ1v) is 9.02. The molecule has 1 aromatic carbocycles. The zero-order valence-electron chi connectivity index (χ0n) is 12.0. The Labute approximate surface area is 134 Å². The summed E-state index contributed by atoms with van der Waals surface area (Å²) < 4.78 is 0. The van der Waals surface area contributed by atoms with Gasteiger partial charge in [0.15, 0.2) is 0 Å². The van der Waals surface area contributed by atoms with Gasteiger partial charge in [0.25, 0.3) is 0 Å². The monoisotopic (exact) mass is 313 g/mol. The molecule has 0 fully saturated rings. The van der Waals surface area contributed by atoms with E-state index in [1.165, 1.54) is 15.3 Å². The first kappa shape index (κ1) is 14.5. The molecule has 0 aliphatic carbocycles. The summed E-state index contributed by atoms with van der Waals surface area (Å²) in [4.78, 5) is 2.78. The van der Waals surface area contributed by atoms with E-state index in [9.17, 15) is 0 Å². The maximum atomic E-state index is 3.85. The van der Waals surface area contributed by atoms with Crippen LogP contribution in [0.1, 0.15) is 40.7 Å². The molecule has 3 heteroatoms. The number of hydrogen-bond donors (Lipinski definition) is 1. The van der Waals surface area contributed by atoms with Gasteiger partial charge in [0, 0.05) is 15.8 Å². The summed E-state index contributed by atoms with van der Waals surface area (Å²) in [6, 6.07) is 20.1. The molecule has 0 spiro atoms. The topological polar surface area (TPSA) is 12.0 Å². The number of thiophene rings is 2. The van der Waals surface area contributed by atoms with Crippen LogP contribution < -0.4 is 5.32 Å². The zero-order valence-corrected chi connectivity index (χ0v) is 13.7. The van der Waals surface area contributed by atoms with Crippen molar-refractivity contribution in [1.82, 2.24) is 5.32 Å². The molecule has 108 valence electrons. The summed E-state index contributed by atoms with van der Waals surface area (Å²) in [6.45, 7) is 2.24. The van der Waals surface area contributed by atoms with Crippen molar-refractivity contribution in [3.05, 3.63) is 80.7 Å². The van der Waals surface area contributed by atoms with Gasteiger partial charge in [-0.3, -0.25) is 5.32 Å². The fourth-order valence-electron chi connectivity index (χ4n) is 2.54. The normalized spacial score (nSPS) is 14.0. The number of benzene rings is 1. The van der Waals surface area contributed by atoms with E-state index < -0.39 is 0 Å². The smallest absolute Gasteiger partial charge is 0.0676 e. The molecule has 2 heterocycles. The Balaban J connectivity index is 1.89. The van der Waals surface area contributed by atoms with Crippen LogP contribution in [0.2, 0.25) is 0 Å². The minimum Gasteiger partial charge on any atom is -0.298 e. The quantitative estimate of drug-likeness (QED) is 0.621. The second-order valence-corrected chi connectivity index (χ2v) is 6.96. The van der Waals surface area contributed by atoms with Crippen molar-refractivity contribution in [2.45, 2.75) is 25.4 Å². The number of hydrogen-bond acceptors (Lipinski definition) is 3. The Hall–Kier alpha value is -1.42. The van der Waals surface area contributed by atoms with E-state index in [0.29, 0.717) is 6.04 Å². The van der Waals surface area contributed by atoms with Crippen LogP contribution in [0.4, 0.5) is 0 Å². The highest BCUT2D eigenvalue weighted by atomic mass is 32.1. The average molecular weight is 313 g/mol. The van der Waals surface area contributed by atoms with Gasteiger partial charge in [-0.25, -0.2) is 0 Å². The molecule has 2 unspecified atom stereocenters. The molecule has 0 saturated heterocycles. The van der Waals surface area contributed by atoms with E-state index >= 15 is 0 Å². The van der Waals surface area contributed by atoms with E-state index in [1.54, 1.807) is 0 Å². The molecule has 0 amide bonds. The number of nitrogens with one attached hydrogen (secondary N) is 1. The second-order valence-electron chi connectivity index (χ2n) is 5.00. The minimum atomic E-state index is 0.262. The Kier molecular flexibility index (Phi) is 4.86. The molecule has 0 bridgehead atoms. The van der Waals surface area contributed by atoms with Gasteiger partial charge in [-0.15, -0.1) is 22.7 Å². The van der Waals surface area contributed by atoms with E-state index in [0.717, 1.165) is 6.42 Å². The van der Waals surface area contributed by atoms with Crippen LogP contribution in [0.15, 0.2) is 65.4 Å². The summed E-state index contributed by atoms with van der Waals surface area (Å²) in [7, 11) is 0. The van der Waals surface area contributed by atoms with Gasteiger partial charge in [0.05, 0.1) is 6.04 Å². The molecule has 0 aliphatic heterocycles. The van der Waals surface area contributed by atoms with Crippen molar-refractivity contribution >= 4 is 22.7 Å². The van der Waals surface area contributed by atoms with Crippen LogP contribution in [0, 0.1) is 0 Å². The van der Waals surface area contributed by atoms with Crippen LogP contribution in [-0.2, 0) is 0 Å². The van der Waals surface area contributed by atoms with Gasteiger partial charge in [0.2, 0.25) is 0 Å². The number of rotatable bonds is 6. The lowest BCUT2D eigenvalue weighted by atomic mass is 10.0. The van der Waals surface area contributed by atoms with Crippen LogP contribution in [0.5, 0.6) is 0 Å². The zero-order chi connectivity index (χ0) is 14.5. The fraction of sp³-hybridized carbons (Fsp3) is 0.222. The van der Waals surface area contributed by atoms with Crippen LogP contribution in [0.25, 0.3) is 0 Å². The molecular formula is C18H19NS2. The Bertz CT molecular complexity index is 629. The van der Waals surface area contributed by atoms with Crippen LogP contribution >= 0.6 is 22.7 Å². The SMILES string of the molecule is CCC(NC(c1ccccc1)c1cccs1)c1cccs1. The van der Waals surface area contributed by atoms with Crippen molar-refractivity contribution in [3.63, 3.8) is 0 Å². The summed E-state index contributed by atoms with van der Waals surface area (Å²) >= 11 is 3.65. The third-order valence-corrected chi connectivity index (χ3v) is 5.55. The van der Waals surface area contributed by atoms with Crippen LogP contribution in [0.3, 0.4) is 0 Å². The maximum absolute atomic E-state index is 3.85. The van der Waals surface area contributed by atoms with Gasteiger partial charge in [-0.05, 0) is 34.9 Å². The minimum absolute atomic E-state index is 0.262. The predicted octanol–water partition coefficient (Wildman–Crippen LogP) is 5.64. The molecule has 2 atom stereocenters. The molecule has 0 radical (unpaired) electrons. The molecule has 1 N–H and O–H groups in total. The van der Waals surface area contributed by atoms with Gasteiger partial charge in [0.1, 0.15) is 0 Å². The molecule has 3 rings (SSSR count). The van der Waals surface area contributed by atoms with Crippen molar-refractivity contribution in [2.75, 3.05) is 0 Å². The van der Waals surface area contributed by atoms with E-state index in [4.69, 9.17) is 0 Å². The fourth-order valence-corrected chi connectivity index (χ4v) is 4.22. The van der Waals surface area contributed by atoms with Gasteiger partial charge in [-0.2, -0.15) is 0 Å². The second kappa shape index (κ2) is 7.03. The lowest BCUT2D eigenvalue weighted by Crippen LogP contribution is -2.26. The van der Waals surface area contributed by atoms with Crippen molar-refractivity contribution in [3.8, 4) is 0 Å². The van der Waals surface area contributed by atoms with E-state index in [2.05, 4.69) is 77.6 Å². The Morgan fingerprint density at radius 1 is 0.857 bits per heavy atom. The summed E-state index contributed by atoms with van der Waals surface area (Å²) in [5, 5.41) is 8.15. The molecule has 3 aromatic rings. The lowest BCUT2D eigenvalue weighted by Gasteiger charge is -2.24. The Morgan fingerprint density at radius 3 is 2.10 bits per heavy atom. The average Bonchev–Trinajstić information content (AvgIpc) is 3.23. The first-order chi connectivity index (χ1) is 10.4. The highest BCUT2D eigenvalue weighted by Gasteiger charge is 2.20. The molecule has 1 nitrogen and oxygen atoms in total. The van der Waals surface area contributed by atoms with Crippen molar-refractivity contribution < 1.29 is 0 Å². The molecular weight excluding hydrogens is 294 g/mol. The van der Waals surface area contributed by atoms with E-state index in [1.807, 2.05) is 22.7 Å². The first-order valence-electron chi connectivity index (χ1n) is 7.26. The van der Waals surface area contributed by atoms with Crippen LogP contribution in [-0.4, -0.2) is 0 Å². The lowest BCUT2D eigenvalue weighted by molar-refractivity contribution is 0.484. The molecule has 2 aromatic heterocycles. The van der Waals surface area contributed by atoms with Crippen molar-refractivity contribution in [2.24, 2.45) is 0 Å². The molecule has 21 heavy (non-hydrogen) atoms. The van der Waals surface area contributed by atoms with Crippen molar-refractivity contribution in [1.29, 1.82) is 0 Å². The third kappa shape index (κ3) is 3.43. The molecule has 0 saturated carbocycles. The summed E-state index contributed by atoms with van der Waals surface area (Å²) in [5.41, 5.74) is 1.33. The third-order valence-electron chi connectivity index (χ3n) is 3.62. The summed E-state index contributed by atoms with van der Waals surface area (Å²) in [5.74, 6) is 0. The van der Waals surface area contributed by atoms with Gasteiger partial charge < -0.3 is 0 Å². The molecule has 0 aliphatic rings. The highest BCUT2D eigenvalue weighted by Crippen LogP contribution is 2.31. The highest BCUT2D eigenvalue weighted by molar-refractivity contribution is 7.10. The largest absolute Gasteiger partial charge is 0.298 e. The standard InChI is InChI=1S/C18H19NS2/c1-2-15(16-10-6-12-20-16)19-18(17-11-7-13-21-17)14-8-4-3-5-9-14/h3-13,15,18-19H,2H2,1H3.